The van der Waals surface area contributed by atoms with E-state index in [0.29, 0.717) is 29.7 Å². The molecule has 0 saturated carbocycles. The maximum absolute atomic E-state index is 5.97. The Balaban J connectivity index is 2.57. The van der Waals surface area contributed by atoms with Crippen LogP contribution in [-0.2, 0) is 4.74 Å². The van der Waals surface area contributed by atoms with Gasteiger partial charge in [0, 0.05) is 36.4 Å². The third-order valence-electron chi connectivity index (χ3n) is 1.80. The van der Waals surface area contributed by atoms with Crippen molar-refractivity contribution in [2.75, 3.05) is 26.1 Å². The van der Waals surface area contributed by atoms with Crippen LogP contribution in [-0.4, -0.2) is 20.3 Å². The van der Waals surface area contributed by atoms with E-state index >= 15 is 0 Å². The largest absolute Gasteiger partial charge is 0.492 e. The fourth-order valence-electron chi connectivity index (χ4n) is 1.04. The SMILES string of the molecule is COCCCOc1cc(N)c(Br)cc1Cl. The molecule has 84 valence electrons. The summed E-state index contributed by atoms with van der Waals surface area (Å²) in [6.07, 6.45) is 0.822. The van der Waals surface area contributed by atoms with Crippen LogP contribution in [0.1, 0.15) is 6.42 Å². The number of rotatable bonds is 5. The second-order valence-corrected chi connectivity index (χ2v) is 4.26. The number of nitrogen functional groups attached to an aromatic ring is 1. The Labute approximate surface area is 103 Å². The Morgan fingerprint density at radius 1 is 1.40 bits per heavy atom. The van der Waals surface area contributed by atoms with Gasteiger partial charge in [-0.05, 0) is 22.0 Å². The lowest BCUT2D eigenvalue weighted by Gasteiger charge is -2.09. The van der Waals surface area contributed by atoms with Gasteiger partial charge in [-0.3, -0.25) is 0 Å². The minimum Gasteiger partial charge on any atom is -0.492 e. The van der Waals surface area contributed by atoms with Crippen LogP contribution in [0, 0.1) is 0 Å². The van der Waals surface area contributed by atoms with Gasteiger partial charge in [0.2, 0.25) is 0 Å². The highest BCUT2D eigenvalue weighted by molar-refractivity contribution is 9.10. The standard InChI is InChI=1S/C10H13BrClNO2/c1-14-3-2-4-15-10-6-9(13)7(11)5-8(10)12/h5-6H,2-4,13H2,1H3. The Bertz CT molecular complexity index is 333. The predicted molar refractivity (Wildman–Crippen MR) is 65.6 cm³/mol. The molecule has 1 aromatic carbocycles. The number of hydrogen-bond acceptors (Lipinski definition) is 3. The summed E-state index contributed by atoms with van der Waals surface area (Å²) in [4.78, 5) is 0. The molecule has 5 heteroatoms. The summed E-state index contributed by atoms with van der Waals surface area (Å²) in [6, 6.07) is 3.43. The summed E-state index contributed by atoms with van der Waals surface area (Å²) in [5.41, 5.74) is 6.32. The van der Waals surface area contributed by atoms with Gasteiger partial charge in [0.05, 0.1) is 11.6 Å². The van der Waals surface area contributed by atoms with Gasteiger partial charge in [-0.2, -0.15) is 0 Å². The van der Waals surface area contributed by atoms with E-state index in [9.17, 15) is 0 Å². The molecule has 0 heterocycles. The smallest absolute Gasteiger partial charge is 0.140 e. The van der Waals surface area contributed by atoms with Crippen LogP contribution in [0.5, 0.6) is 5.75 Å². The monoisotopic (exact) mass is 293 g/mol. The molecule has 0 aromatic heterocycles. The highest BCUT2D eigenvalue weighted by Gasteiger charge is 2.05. The van der Waals surface area contributed by atoms with Crippen LogP contribution in [0.25, 0.3) is 0 Å². The normalized spacial score (nSPS) is 10.3. The van der Waals surface area contributed by atoms with E-state index in [2.05, 4.69) is 15.9 Å². The first-order valence-corrected chi connectivity index (χ1v) is 5.68. The Morgan fingerprint density at radius 2 is 2.13 bits per heavy atom. The van der Waals surface area contributed by atoms with Gasteiger partial charge in [0.15, 0.2) is 0 Å². The highest BCUT2D eigenvalue weighted by atomic mass is 79.9. The first-order valence-electron chi connectivity index (χ1n) is 4.51. The van der Waals surface area contributed by atoms with Crippen LogP contribution < -0.4 is 10.5 Å². The summed E-state index contributed by atoms with van der Waals surface area (Å²) < 4.78 is 11.1. The molecule has 0 atom stereocenters. The third-order valence-corrected chi connectivity index (χ3v) is 2.78. The minimum absolute atomic E-state index is 0.550. The van der Waals surface area contributed by atoms with E-state index in [0.717, 1.165) is 10.9 Å². The zero-order chi connectivity index (χ0) is 11.3. The van der Waals surface area contributed by atoms with Crippen molar-refractivity contribution < 1.29 is 9.47 Å². The number of ether oxygens (including phenoxy) is 2. The van der Waals surface area contributed by atoms with E-state index in [-0.39, 0.29) is 0 Å². The number of benzene rings is 1. The van der Waals surface area contributed by atoms with Gasteiger partial charge in [-0.15, -0.1) is 0 Å². The Morgan fingerprint density at radius 3 is 2.80 bits per heavy atom. The lowest BCUT2D eigenvalue weighted by Crippen LogP contribution is -2.02. The summed E-state index contributed by atoms with van der Waals surface area (Å²) in [5.74, 6) is 0.605. The molecule has 0 saturated heterocycles. The molecule has 0 spiro atoms. The second kappa shape index (κ2) is 6.20. The van der Waals surface area contributed by atoms with Gasteiger partial charge >= 0.3 is 0 Å². The summed E-state index contributed by atoms with van der Waals surface area (Å²) >= 11 is 9.26. The van der Waals surface area contributed by atoms with Crippen LogP contribution in [0.15, 0.2) is 16.6 Å². The van der Waals surface area contributed by atoms with E-state index in [1.54, 1.807) is 19.2 Å². The second-order valence-electron chi connectivity index (χ2n) is 3.00. The van der Waals surface area contributed by atoms with Crippen LogP contribution in [0.3, 0.4) is 0 Å². The molecule has 1 rings (SSSR count). The van der Waals surface area contributed by atoms with Gasteiger partial charge < -0.3 is 15.2 Å². The molecule has 0 radical (unpaired) electrons. The molecule has 0 amide bonds. The van der Waals surface area contributed by atoms with E-state index in [1.807, 2.05) is 0 Å². The fraction of sp³-hybridized carbons (Fsp3) is 0.400. The van der Waals surface area contributed by atoms with Gasteiger partial charge in [0.25, 0.3) is 0 Å². The number of halogens is 2. The van der Waals surface area contributed by atoms with Crippen molar-refractivity contribution in [1.82, 2.24) is 0 Å². The molecular formula is C10H13BrClNO2. The van der Waals surface area contributed by atoms with Crippen molar-refractivity contribution in [2.24, 2.45) is 0 Å². The third kappa shape index (κ3) is 3.89. The van der Waals surface area contributed by atoms with E-state index in [4.69, 9.17) is 26.8 Å². The first-order chi connectivity index (χ1) is 7.15. The average molecular weight is 295 g/mol. The molecule has 1 aromatic rings. The maximum Gasteiger partial charge on any atom is 0.140 e. The maximum atomic E-state index is 5.97. The average Bonchev–Trinajstić information content (AvgIpc) is 2.20. The Hall–Kier alpha value is -0.450. The molecule has 2 N–H and O–H groups in total. The molecule has 0 aliphatic carbocycles. The van der Waals surface area contributed by atoms with Crippen LogP contribution >= 0.6 is 27.5 Å². The molecule has 0 bridgehead atoms. The first kappa shape index (κ1) is 12.6. The fourth-order valence-corrected chi connectivity index (χ4v) is 1.73. The molecule has 0 unspecified atom stereocenters. The minimum atomic E-state index is 0.550. The topological polar surface area (TPSA) is 44.5 Å². The quantitative estimate of drug-likeness (QED) is 0.670. The molecule has 0 fully saturated rings. The van der Waals surface area contributed by atoms with Crippen LogP contribution in [0.4, 0.5) is 5.69 Å². The number of methoxy groups -OCH3 is 1. The van der Waals surface area contributed by atoms with Crippen LogP contribution in [0.2, 0.25) is 5.02 Å². The molecule has 3 nitrogen and oxygen atoms in total. The van der Waals surface area contributed by atoms with Gasteiger partial charge in [-0.1, -0.05) is 11.6 Å². The number of hydrogen-bond donors (Lipinski definition) is 1. The summed E-state index contributed by atoms with van der Waals surface area (Å²) in [6.45, 7) is 1.23. The van der Waals surface area contributed by atoms with Crippen molar-refractivity contribution in [2.45, 2.75) is 6.42 Å². The van der Waals surface area contributed by atoms with Crippen molar-refractivity contribution in [1.29, 1.82) is 0 Å². The van der Waals surface area contributed by atoms with Crippen molar-refractivity contribution in [3.8, 4) is 5.75 Å². The molecule has 0 aliphatic heterocycles. The van der Waals surface area contributed by atoms with E-state index < -0.39 is 0 Å². The van der Waals surface area contributed by atoms with Crippen molar-refractivity contribution in [3.05, 3.63) is 21.6 Å². The van der Waals surface area contributed by atoms with Gasteiger partial charge in [0.1, 0.15) is 5.75 Å². The molecule has 15 heavy (non-hydrogen) atoms. The lowest BCUT2D eigenvalue weighted by atomic mass is 10.3. The zero-order valence-electron chi connectivity index (χ0n) is 8.43. The number of nitrogens with two attached hydrogens (primary N) is 1. The lowest BCUT2D eigenvalue weighted by molar-refractivity contribution is 0.172. The molecular weight excluding hydrogens is 281 g/mol. The number of anilines is 1. The molecule has 0 aliphatic rings. The Kier molecular flexibility index (Phi) is 5.22. The zero-order valence-corrected chi connectivity index (χ0v) is 10.8. The highest BCUT2D eigenvalue weighted by Crippen LogP contribution is 2.32. The van der Waals surface area contributed by atoms with Gasteiger partial charge in [-0.25, -0.2) is 0 Å². The van der Waals surface area contributed by atoms with E-state index in [1.165, 1.54) is 0 Å². The predicted octanol–water partition coefficient (Wildman–Crippen LogP) is 3.10. The van der Waals surface area contributed by atoms with Crippen molar-refractivity contribution >= 4 is 33.2 Å². The summed E-state index contributed by atoms with van der Waals surface area (Å²) in [7, 11) is 1.66. The van der Waals surface area contributed by atoms with Crippen molar-refractivity contribution in [3.63, 3.8) is 0 Å². The summed E-state index contributed by atoms with van der Waals surface area (Å²) in [5, 5.41) is 0.550.